The summed E-state index contributed by atoms with van der Waals surface area (Å²) in [6, 6.07) is 4.46. The zero-order valence-electron chi connectivity index (χ0n) is 12.5. The number of carbonyl (C=O) groups excluding carboxylic acids is 1. The third-order valence-corrected chi connectivity index (χ3v) is 3.38. The lowest BCUT2D eigenvalue weighted by Crippen LogP contribution is -2.41. The van der Waals surface area contributed by atoms with Crippen LogP contribution in [0.5, 0.6) is 0 Å². The Morgan fingerprint density at radius 1 is 1.26 bits per heavy atom. The van der Waals surface area contributed by atoms with Crippen molar-refractivity contribution in [1.82, 2.24) is 5.32 Å². The Balaban J connectivity index is 1.85. The maximum atomic E-state index is 12.8. The zero-order valence-corrected chi connectivity index (χ0v) is 12.5. The Morgan fingerprint density at radius 3 is 2.61 bits per heavy atom. The van der Waals surface area contributed by atoms with E-state index in [4.69, 9.17) is 4.74 Å². The third kappa shape index (κ3) is 5.58. The Hall–Kier alpha value is -2.63. The van der Waals surface area contributed by atoms with E-state index in [9.17, 15) is 19.1 Å². The molecule has 23 heavy (non-hydrogen) atoms. The van der Waals surface area contributed by atoms with Gasteiger partial charge in [-0.1, -0.05) is 30.4 Å². The number of hydrogen-bond donors (Lipinski definition) is 2. The predicted octanol–water partition coefficient (Wildman–Crippen LogP) is 3.17. The second kappa shape index (κ2) is 8.12. The molecule has 1 amide bonds. The molecule has 0 fully saturated rings. The van der Waals surface area contributed by atoms with E-state index in [1.807, 2.05) is 18.2 Å². The lowest BCUT2D eigenvalue weighted by Gasteiger charge is -2.16. The van der Waals surface area contributed by atoms with Crippen molar-refractivity contribution < 1.29 is 23.8 Å². The quantitative estimate of drug-likeness (QED) is 0.844. The van der Waals surface area contributed by atoms with Crippen LogP contribution in [-0.2, 0) is 16.1 Å². The van der Waals surface area contributed by atoms with E-state index in [0.29, 0.717) is 5.56 Å². The van der Waals surface area contributed by atoms with E-state index in [2.05, 4.69) is 5.32 Å². The molecule has 5 nitrogen and oxygen atoms in total. The van der Waals surface area contributed by atoms with Crippen molar-refractivity contribution in [3.8, 4) is 0 Å². The van der Waals surface area contributed by atoms with Gasteiger partial charge in [0.15, 0.2) is 0 Å². The summed E-state index contributed by atoms with van der Waals surface area (Å²) in [5.74, 6) is -1.50. The molecule has 122 valence electrons. The van der Waals surface area contributed by atoms with E-state index >= 15 is 0 Å². The van der Waals surface area contributed by atoms with Crippen LogP contribution in [0.15, 0.2) is 48.1 Å². The van der Waals surface area contributed by atoms with Crippen LogP contribution in [0.2, 0.25) is 0 Å². The molecule has 1 aromatic carbocycles. The molecule has 0 aliphatic heterocycles. The first-order chi connectivity index (χ1) is 11.0. The van der Waals surface area contributed by atoms with Crippen LogP contribution in [0.25, 0.3) is 0 Å². The van der Waals surface area contributed by atoms with Gasteiger partial charge in [0, 0.05) is 6.42 Å². The highest BCUT2D eigenvalue weighted by Crippen LogP contribution is 2.15. The Bertz CT molecular complexity index is 622. The first-order valence-electron chi connectivity index (χ1n) is 7.30. The minimum atomic E-state index is -1.12. The summed E-state index contributed by atoms with van der Waals surface area (Å²) in [5.41, 5.74) is 1.49. The van der Waals surface area contributed by atoms with Gasteiger partial charge in [-0.2, -0.15) is 0 Å². The van der Waals surface area contributed by atoms with Crippen LogP contribution in [0.1, 0.15) is 24.8 Å². The fourth-order valence-corrected chi connectivity index (χ4v) is 2.17. The number of alkyl carbamates (subject to hydrolysis) is 1. The number of hydrogen-bond acceptors (Lipinski definition) is 3. The van der Waals surface area contributed by atoms with Gasteiger partial charge in [-0.05, 0) is 36.1 Å². The second-order valence-electron chi connectivity index (χ2n) is 5.20. The van der Waals surface area contributed by atoms with E-state index in [1.54, 1.807) is 0 Å². The Labute approximate surface area is 133 Å². The molecule has 0 bridgehead atoms. The van der Waals surface area contributed by atoms with Crippen LogP contribution < -0.4 is 5.32 Å². The van der Waals surface area contributed by atoms with Crippen LogP contribution in [0, 0.1) is 5.82 Å². The molecule has 0 unspecified atom stereocenters. The average Bonchev–Trinajstić information content (AvgIpc) is 2.54. The number of ether oxygens (including phenoxy) is 1. The first-order valence-corrected chi connectivity index (χ1v) is 7.30. The highest BCUT2D eigenvalue weighted by atomic mass is 19.1. The Kier molecular flexibility index (Phi) is 5.91. The van der Waals surface area contributed by atoms with Crippen LogP contribution in [0.3, 0.4) is 0 Å². The molecule has 6 heteroatoms. The van der Waals surface area contributed by atoms with Crippen molar-refractivity contribution in [3.63, 3.8) is 0 Å². The van der Waals surface area contributed by atoms with Crippen LogP contribution in [-0.4, -0.2) is 23.2 Å². The minimum absolute atomic E-state index is 0.0545. The summed E-state index contributed by atoms with van der Waals surface area (Å²) in [7, 11) is 0. The molecule has 0 spiro atoms. The molecule has 0 saturated carbocycles. The van der Waals surface area contributed by atoms with Crippen molar-refractivity contribution in [1.29, 1.82) is 0 Å². The zero-order chi connectivity index (χ0) is 16.7. The largest absolute Gasteiger partial charge is 0.480 e. The molecular formula is C17H18FNO4. The van der Waals surface area contributed by atoms with Gasteiger partial charge in [-0.25, -0.2) is 14.0 Å². The molecule has 0 aromatic heterocycles. The lowest BCUT2D eigenvalue weighted by atomic mass is 10.0. The highest BCUT2D eigenvalue weighted by molar-refractivity contribution is 5.80. The molecule has 1 aromatic rings. The summed E-state index contributed by atoms with van der Waals surface area (Å²) in [4.78, 5) is 23.0. The summed E-state index contributed by atoms with van der Waals surface area (Å²) < 4.78 is 17.7. The Morgan fingerprint density at radius 2 is 2.00 bits per heavy atom. The first kappa shape index (κ1) is 16.7. The normalized spacial score (nSPS) is 14.7. The van der Waals surface area contributed by atoms with Crippen LogP contribution in [0.4, 0.5) is 9.18 Å². The summed E-state index contributed by atoms with van der Waals surface area (Å²) in [6.45, 7) is -0.0545. The molecule has 1 aliphatic carbocycles. The number of nitrogens with one attached hydrogen (secondary N) is 1. The fraction of sp³-hybridized carbons (Fsp3) is 0.294. The van der Waals surface area contributed by atoms with Crippen molar-refractivity contribution >= 4 is 12.1 Å². The van der Waals surface area contributed by atoms with E-state index in [0.717, 1.165) is 18.4 Å². The maximum absolute atomic E-state index is 12.8. The third-order valence-electron chi connectivity index (χ3n) is 3.38. The molecule has 1 atom stereocenters. The van der Waals surface area contributed by atoms with E-state index in [1.165, 1.54) is 24.3 Å². The fourth-order valence-electron chi connectivity index (χ4n) is 2.17. The summed E-state index contributed by atoms with van der Waals surface area (Å²) in [5, 5.41) is 11.5. The molecule has 0 saturated heterocycles. The monoisotopic (exact) mass is 319 g/mol. The number of amides is 1. The van der Waals surface area contributed by atoms with Gasteiger partial charge in [-0.3, -0.25) is 0 Å². The molecule has 2 rings (SSSR count). The van der Waals surface area contributed by atoms with Gasteiger partial charge in [-0.15, -0.1) is 0 Å². The molecule has 0 heterocycles. The smallest absolute Gasteiger partial charge is 0.408 e. The number of benzene rings is 1. The number of carboxylic acids is 1. The minimum Gasteiger partial charge on any atom is -0.480 e. The number of carbonyl (C=O) groups is 2. The number of allylic oxidation sites excluding steroid dienone is 3. The SMILES string of the molecule is O=C(N[C@@H](CC1=CCCC=C1)C(=O)O)OCc1ccc(F)cc1. The topological polar surface area (TPSA) is 75.6 Å². The van der Waals surface area contributed by atoms with E-state index in [-0.39, 0.29) is 18.8 Å². The van der Waals surface area contributed by atoms with E-state index < -0.39 is 18.1 Å². The highest BCUT2D eigenvalue weighted by Gasteiger charge is 2.21. The van der Waals surface area contributed by atoms with Gasteiger partial charge in [0.25, 0.3) is 0 Å². The summed E-state index contributed by atoms with van der Waals surface area (Å²) >= 11 is 0. The van der Waals surface area contributed by atoms with Crippen LogP contribution >= 0.6 is 0 Å². The van der Waals surface area contributed by atoms with Gasteiger partial charge in [0.1, 0.15) is 18.5 Å². The molecule has 2 N–H and O–H groups in total. The molecule has 0 radical (unpaired) electrons. The molecular weight excluding hydrogens is 301 g/mol. The standard InChI is InChI=1S/C17H18FNO4/c18-14-8-6-13(7-9-14)11-23-17(22)19-15(16(20)21)10-12-4-2-1-3-5-12/h2,4-9,15H,1,3,10-11H2,(H,19,22)(H,20,21)/t15-/m0/s1. The maximum Gasteiger partial charge on any atom is 0.408 e. The lowest BCUT2D eigenvalue weighted by molar-refractivity contribution is -0.139. The number of rotatable bonds is 6. The predicted molar refractivity (Wildman–Crippen MR) is 82.2 cm³/mol. The average molecular weight is 319 g/mol. The second-order valence-corrected chi connectivity index (χ2v) is 5.20. The number of halogens is 1. The van der Waals surface area contributed by atoms with Gasteiger partial charge < -0.3 is 15.2 Å². The molecule has 1 aliphatic rings. The van der Waals surface area contributed by atoms with Gasteiger partial charge in [0.05, 0.1) is 0 Å². The van der Waals surface area contributed by atoms with Crippen molar-refractivity contribution in [3.05, 3.63) is 59.4 Å². The van der Waals surface area contributed by atoms with Gasteiger partial charge in [0.2, 0.25) is 0 Å². The summed E-state index contributed by atoms with van der Waals surface area (Å²) in [6.07, 6.45) is 6.99. The van der Waals surface area contributed by atoms with Crippen molar-refractivity contribution in [2.45, 2.75) is 31.9 Å². The van der Waals surface area contributed by atoms with Gasteiger partial charge >= 0.3 is 12.1 Å². The number of carboxylic acid groups (broad SMARTS) is 1. The van der Waals surface area contributed by atoms with Crippen molar-refractivity contribution in [2.24, 2.45) is 0 Å². The van der Waals surface area contributed by atoms with Crippen molar-refractivity contribution in [2.75, 3.05) is 0 Å². The number of aliphatic carboxylic acids is 1.